The molecule has 0 bridgehead atoms. The van der Waals surface area contributed by atoms with Crippen LogP contribution in [0.1, 0.15) is 51.4 Å². The lowest BCUT2D eigenvalue weighted by Crippen LogP contribution is -2.18. The number of phenols is 1. The topological polar surface area (TPSA) is 130 Å². The number of allylic oxidation sites excluding steroid dienone is 5. The fourth-order valence-corrected chi connectivity index (χ4v) is 1.88. The molecule has 9 heteroatoms. The number of para-hydroxylation sites is 1. The summed E-state index contributed by atoms with van der Waals surface area (Å²) in [6, 6.07) is 6.33. The monoisotopic (exact) mass is 481 g/mol. The number of carboxylic acid groups (broad SMARTS) is 1. The highest BCUT2D eigenvalue weighted by atomic mass is 32.2. The Labute approximate surface area is 200 Å². The molecule has 0 saturated heterocycles. The van der Waals surface area contributed by atoms with E-state index in [2.05, 4.69) is 5.32 Å². The van der Waals surface area contributed by atoms with Gasteiger partial charge in [-0.1, -0.05) is 56.0 Å². The maximum atomic E-state index is 11.9. The highest BCUT2D eigenvalue weighted by molar-refractivity contribution is 8.11. The molecule has 0 spiro atoms. The highest BCUT2D eigenvalue weighted by Crippen LogP contribution is 2.21. The maximum absolute atomic E-state index is 11.9. The Hall–Kier alpha value is -3.33. The van der Waals surface area contributed by atoms with Crippen LogP contribution in [0, 0.1) is 0 Å². The molecule has 1 aromatic carbocycles. The molecular formula is C24H35NO7S. The maximum Gasteiger partial charge on any atom is 0.347 e. The van der Waals surface area contributed by atoms with Gasteiger partial charge < -0.3 is 20.3 Å². The van der Waals surface area contributed by atoms with Crippen LogP contribution in [-0.2, 0) is 19.1 Å². The zero-order valence-corrected chi connectivity index (χ0v) is 20.8. The first-order chi connectivity index (χ1) is 15.8. The van der Waals surface area contributed by atoms with Gasteiger partial charge in [-0.2, -0.15) is 0 Å². The number of esters is 1. The lowest BCUT2D eigenvalue weighted by atomic mass is 10.2. The van der Waals surface area contributed by atoms with Crippen molar-refractivity contribution in [3.05, 3.63) is 65.5 Å². The lowest BCUT2D eigenvalue weighted by Gasteiger charge is -2.09. The van der Waals surface area contributed by atoms with Crippen LogP contribution in [0.15, 0.2) is 59.9 Å². The minimum Gasteiger partial charge on any atom is -0.507 e. The Morgan fingerprint density at radius 1 is 1.21 bits per heavy atom. The Kier molecular flexibility index (Phi) is 25.9. The molecule has 0 fully saturated rings. The van der Waals surface area contributed by atoms with E-state index in [0.29, 0.717) is 5.76 Å². The minimum absolute atomic E-state index is 0.0394. The summed E-state index contributed by atoms with van der Waals surface area (Å²) in [6.07, 6.45) is 10.1. The van der Waals surface area contributed by atoms with Crippen molar-refractivity contribution in [2.75, 3.05) is 12.8 Å². The number of ether oxygens (including phenoxy) is 1. The van der Waals surface area contributed by atoms with Crippen LogP contribution in [0.25, 0.3) is 0 Å². The number of hydrogen-bond donors (Lipinski definition) is 3. The summed E-state index contributed by atoms with van der Waals surface area (Å²) in [5, 5.41) is 19.0. The number of nitrogens with one attached hydrogen (secondary N) is 1. The fraction of sp³-hybridized carbons (Fsp3) is 0.333. The fourth-order valence-electron chi connectivity index (χ4n) is 1.88. The Bertz CT molecular complexity index is 787. The summed E-state index contributed by atoms with van der Waals surface area (Å²) in [4.78, 5) is 39.3. The molecule has 0 heterocycles. The average Bonchev–Trinajstić information content (AvgIpc) is 3.00. The van der Waals surface area contributed by atoms with Crippen molar-refractivity contribution >= 4 is 35.7 Å². The molecule has 1 amide bonds. The zero-order valence-electron chi connectivity index (χ0n) is 20.0. The van der Waals surface area contributed by atoms with Gasteiger partial charge in [-0.3, -0.25) is 14.4 Å². The summed E-state index contributed by atoms with van der Waals surface area (Å²) in [5.41, 5.74) is 1.86. The van der Waals surface area contributed by atoms with Gasteiger partial charge in [0.1, 0.15) is 17.1 Å². The van der Waals surface area contributed by atoms with E-state index in [4.69, 9.17) is 19.4 Å². The first-order valence-corrected chi connectivity index (χ1v) is 11.4. The molecule has 1 aliphatic rings. The molecule has 2 rings (SSSR count). The number of amides is 1. The smallest absolute Gasteiger partial charge is 0.347 e. The molecule has 0 aromatic heterocycles. The van der Waals surface area contributed by atoms with Crippen molar-refractivity contribution in [1.82, 2.24) is 5.32 Å². The van der Waals surface area contributed by atoms with Crippen LogP contribution < -0.4 is 5.32 Å². The third-order valence-electron chi connectivity index (χ3n) is 3.18. The third kappa shape index (κ3) is 20.3. The quantitative estimate of drug-likeness (QED) is 0.415. The molecule has 0 saturated carbocycles. The van der Waals surface area contributed by atoms with Gasteiger partial charge in [0, 0.05) is 13.5 Å². The van der Waals surface area contributed by atoms with Crippen LogP contribution >= 0.6 is 11.8 Å². The number of benzene rings is 1. The number of thioether (sulfide) groups is 1. The van der Waals surface area contributed by atoms with E-state index in [1.807, 2.05) is 45.9 Å². The van der Waals surface area contributed by atoms with Gasteiger partial charge in [-0.15, -0.1) is 0 Å². The van der Waals surface area contributed by atoms with Crippen molar-refractivity contribution in [3.8, 4) is 5.75 Å². The number of aromatic hydroxyl groups is 1. The van der Waals surface area contributed by atoms with Crippen molar-refractivity contribution in [2.45, 2.75) is 41.0 Å². The van der Waals surface area contributed by atoms with E-state index in [-0.39, 0.29) is 23.7 Å². The normalized spacial score (nSPS) is 10.6. The van der Waals surface area contributed by atoms with Crippen LogP contribution in [0.3, 0.4) is 0 Å². The van der Waals surface area contributed by atoms with Gasteiger partial charge in [0.2, 0.25) is 5.91 Å². The van der Waals surface area contributed by atoms with Crippen LogP contribution in [0.5, 0.6) is 5.75 Å². The molecule has 33 heavy (non-hydrogen) atoms. The Balaban J connectivity index is -0.000000496. The van der Waals surface area contributed by atoms with Crippen LogP contribution in [0.4, 0.5) is 0 Å². The van der Waals surface area contributed by atoms with Crippen molar-refractivity contribution in [1.29, 1.82) is 0 Å². The summed E-state index contributed by atoms with van der Waals surface area (Å²) >= 11 is 1.18. The highest BCUT2D eigenvalue weighted by Gasteiger charge is 2.15. The molecule has 1 aliphatic carbocycles. The molecule has 0 aliphatic heterocycles. The van der Waals surface area contributed by atoms with E-state index in [9.17, 15) is 14.7 Å². The number of hydrogen-bond acceptors (Lipinski definition) is 7. The Morgan fingerprint density at radius 2 is 1.76 bits per heavy atom. The molecule has 8 nitrogen and oxygen atoms in total. The number of carbonyl (C=O) groups is 4. The molecular weight excluding hydrogens is 446 g/mol. The van der Waals surface area contributed by atoms with Gasteiger partial charge in [-0.25, -0.2) is 4.79 Å². The second kappa shape index (κ2) is 24.9. The second-order valence-corrected chi connectivity index (χ2v) is 6.18. The summed E-state index contributed by atoms with van der Waals surface area (Å²) in [7, 11) is 0. The summed E-state index contributed by atoms with van der Waals surface area (Å²) in [6.45, 7) is 9.76. The first kappa shape index (κ1) is 34.3. The van der Waals surface area contributed by atoms with Crippen molar-refractivity contribution in [2.24, 2.45) is 0 Å². The Morgan fingerprint density at radius 3 is 2.18 bits per heavy atom. The standard InChI is InChI=1S/C15H14O3.C4H9NO.C2H4OS.C2H6.CH2O2/c1-11-7-3-2-4-10-14(11)18-15(17)12-8-5-6-9-13(12)16;1-3-5-4(2)6;1-4-2-3;1-2;2-1-3/h2,4-10,16H,3H2,1H3;3H2,1-2H3,(H,5,6);2H,1H3;1-2H3;1H,(H,2,3). The van der Waals surface area contributed by atoms with Crippen molar-refractivity contribution < 1.29 is 34.1 Å². The lowest BCUT2D eigenvalue weighted by molar-refractivity contribution is -0.123. The van der Waals surface area contributed by atoms with Crippen molar-refractivity contribution in [3.63, 3.8) is 0 Å². The zero-order chi connectivity index (χ0) is 26.1. The van der Waals surface area contributed by atoms with E-state index >= 15 is 0 Å². The minimum atomic E-state index is -0.553. The third-order valence-corrected chi connectivity index (χ3v) is 3.37. The van der Waals surface area contributed by atoms with E-state index in [1.165, 1.54) is 30.8 Å². The van der Waals surface area contributed by atoms with Crippen LogP contribution in [-0.4, -0.2) is 47.0 Å². The van der Waals surface area contributed by atoms with E-state index in [1.54, 1.807) is 24.5 Å². The molecule has 184 valence electrons. The molecule has 3 N–H and O–H groups in total. The predicted molar refractivity (Wildman–Crippen MR) is 134 cm³/mol. The summed E-state index contributed by atoms with van der Waals surface area (Å²) in [5.74, 6) is -0.0780. The van der Waals surface area contributed by atoms with Gasteiger partial charge in [0.15, 0.2) is 5.62 Å². The molecule has 0 unspecified atom stereocenters. The van der Waals surface area contributed by atoms with E-state index in [0.717, 1.165) is 24.2 Å². The van der Waals surface area contributed by atoms with Gasteiger partial charge in [0.05, 0.1) is 0 Å². The van der Waals surface area contributed by atoms with Gasteiger partial charge >= 0.3 is 5.97 Å². The number of rotatable bonds is 4. The SMILES string of the molecule is CC.CC1=CCC=CC=C1OC(=O)c1ccccc1O.CCNC(C)=O.CSC=O.O=CO. The van der Waals surface area contributed by atoms with Crippen LogP contribution in [0.2, 0.25) is 0 Å². The average molecular weight is 482 g/mol. The summed E-state index contributed by atoms with van der Waals surface area (Å²) < 4.78 is 5.29. The van der Waals surface area contributed by atoms with Gasteiger partial charge in [-0.05, 0) is 50.3 Å². The first-order valence-electron chi connectivity index (χ1n) is 10.1. The predicted octanol–water partition coefficient (Wildman–Crippen LogP) is 4.75. The second-order valence-electron chi connectivity index (χ2n) is 5.51. The van der Waals surface area contributed by atoms with E-state index < -0.39 is 5.97 Å². The number of carbonyl (C=O) groups excluding carboxylic acids is 3. The molecule has 0 radical (unpaired) electrons. The molecule has 0 atom stereocenters. The number of phenolic OH excluding ortho intramolecular Hbond substituents is 1. The largest absolute Gasteiger partial charge is 0.507 e. The van der Waals surface area contributed by atoms with Gasteiger partial charge in [0.25, 0.3) is 6.47 Å². The molecule has 1 aromatic rings.